The molecule has 0 saturated carbocycles. The van der Waals surface area contributed by atoms with Crippen molar-refractivity contribution < 1.29 is 4.79 Å². The van der Waals surface area contributed by atoms with Gasteiger partial charge in [-0.05, 0) is 24.8 Å². The van der Waals surface area contributed by atoms with E-state index in [4.69, 9.17) is 0 Å². The Morgan fingerprint density at radius 1 is 1.33 bits per heavy atom. The molecule has 1 aromatic carbocycles. The molecular weight excluding hydrogens is 302 g/mol. The van der Waals surface area contributed by atoms with Gasteiger partial charge in [-0.15, -0.1) is 10.2 Å². The number of hydrogen-bond acceptors (Lipinski definition) is 3. The quantitative estimate of drug-likeness (QED) is 0.854. The van der Waals surface area contributed by atoms with Crippen molar-refractivity contribution >= 4 is 6.03 Å². The van der Waals surface area contributed by atoms with Gasteiger partial charge in [-0.25, -0.2) is 4.79 Å². The molecule has 3 rings (SSSR count). The van der Waals surface area contributed by atoms with Crippen molar-refractivity contribution in [3.8, 4) is 0 Å². The first-order valence-electron chi connectivity index (χ1n) is 8.62. The number of carbonyl (C=O) groups excluding carboxylic acids is 1. The molecule has 1 aliphatic rings. The van der Waals surface area contributed by atoms with Crippen LogP contribution in [-0.4, -0.2) is 33.9 Å². The van der Waals surface area contributed by atoms with Crippen LogP contribution in [0.4, 0.5) is 4.79 Å². The third-order valence-electron chi connectivity index (χ3n) is 4.50. The maximum atomic E-state index is 11.9. The van der Waals surface area contributed by atoms with E-state index in [-0.39, 0.29) is 11.9 Å². The van der Waals surface area contributed by atoms with Gasteiger partial charge in [0.2, 0.25) is 0 Å². The molecule has 2 aromatic rings. The lowest BCUT2D eigenvalue weighted by atomic mass is 9.99. The molecule has 6 heteroatoms. The van der Waals surface area contributed by atoms with E-state index in [0.717, 1.165) is 31.0 Å². The summed E-state index contributed by atoms with van der Waals surface area (Å²) in [4.78, 5) is 11.9. The summed E-state index contributed by atoms with van der Waals surface area (Å²) in [6.45, 7) is 6.39. The Bertz CT molecular complexity index is 709. The molecule has 2 amide bonds. The monoisotopic (exact) mass is 327 g/mol. The number of benzene rings is 1. The third kappa shape index (κ3) is 3.93. The van der Waals surface area contributed by atoms with E-state index in [9.17, 15) is 4.79 Å². The smallest absolute Gasteiger partial charge is 0.314 e. The highest BCUT2D eigenvalue weighted by atomic mass is 16.2. The molecule has 0 spiro atoms. The van der Waals surface area contributed by atoms with Gasteiger partial charge >= 0.3 is 6.03 Å². The van der Waals surface area contributed by atoms with E-state index in [1.807, 2.05) is 0 Å². The topological polar surface area (TPSA) is 71.8 Å². The van der Waals surface area contributed by atoms with Crippen LogP contribution in [0, 0.1) is 6.92 Å². The van der Waals surface area contributed by atoms with Crippen molar-refractivity contribution in [2.45, 2.75) is 45.6 Å². The summed E-state index contributed by atoms with van der Waals surface area (Å²) in [5, 5.41) is 14.2. The van der Waals surface area contributed by atoms with Crippen LogP contribution in [0.25, 0.3) is 0 Å². The number of aryl methyl sites for hydroxylation is 2. The fraction of sp³-hybridized carbons (Fsp3) is 0.500. The summed E-state index contributed by atoms with van der Waals surface area (Å²) in [6, 6.07) is 8.27. The summed E-state index contributed by atoms with van der Waals surface area (Å²) in [6.07, 6.45) is 2.87. The molecule has 0 aliphatic carbocycles. The molecule has 24 heavy (non-hydrogen) atoms. The second-order valence-electron chi connectivity index (χ2n) is 6.49. The van der Waals surface area contributed by atoms with E-state index < -0.39 is 0 Å². The number of urea groups is 1. The zero-order valence-electron chi connectivity index (χ0n) is 14.4. The zero-order valence-corrected chi connectivity index (χ0v) is 14.4. The summed E-state index contributed by atoms with van der Waals surface area (Å²) < 4.78 is 2.17. The van der Waals surface area contributed by atoms with E-state index >= 15 is 0 Å². The summed E-state index contributed by atoms with van der Waals surface area (Å²) in [5.41, 5.74) is 2.49. The number of rotatable bonds is 6. The molecule has 0 saturated heterocycles. The minimum Gasteiger partial charge on any atom is -0.338 e. The largest absolute Gasteiger partial charge is 0.338 e. The number of aromatic nitrogens is 3. The molecule has 1 atom stereocenters. The van der Waals surface area contributed by atoms with Crippen LogP contribution >= 0.6 is 0 Å². The molecule has 1 aromatic heterocycles. The van der Waals surface area contributed by atoms with Gasteiger partial charge in [0.25, 0.3) is 0 Å². The summed E-state index contributed by atoms with van der Waals surface area (Å²) >= 11 is 0. The normalized spacial score (nSPS) is 14.2. The summed E-state index contributed by atoms with van der Waals surface area (Å²) in [7, 11) is 0. The molecule has 2 heterocycles. The molecular formula is C18H25N5O. The van der Waals surface area contributed by atoms with E-state index in [1.165, 1.54) is 11.1 Å². The predicted octanol–water partition coefficient (Wildman–Crippen LogP) is 2.18. The second kappa shape index (κ2) is 7.47. The van der Waals surface area contributed by atoms with Crippen molar-refractivity contribution in [1.82, 2.24) is 25.4 Å². The fourth-order valence-electron chi connectivity index (χ4n) is 3.09. The number of fused-ring (bicyclic) bond motifs is 1. The van der Waals surface area contributed by atoms with Gasteiger partial charge in [-0.3, -0.25) is 0 Å². The molecule has 1 aliphatic heterocycles. The van der Waals surface area contributed by atoms with Crippen LogP contribution in [0.2, 0.25) is 0 Å². The van der Waals surface area contributed by atoms with Gasteiger partial charge < -0.3 is 15.2 Å². The van der Waals surface area contributed by atoms with E-state index in [0.29, 0.717) is 19.5 Å². The number of nitrogens with one attached hydrogen (secondary N) is 2. The van der Waals surface area contributed by atoms with Crippen molar-refractivity contribution in [2.75, 3.05) is 13.1 Å². The molecule has 1 unspecified atom stereocenters. The lowest BCUT2D eigenvalue weighted by Gasteiger charge is -2.14. The van der Waals surface area contributed by atoms with Crippen LogP contribution in [-0.2, 0) is 19.4 Å². The van der Waals surface area contributed by atoms with Gasteiger partial charge in [0.1, 0.15) is 11.6 Å². The SMILES string of the molecule is Cc1cccc(C(C)CNC(=O)NCCc2nnc3n2CCC3)c1. The van der Waals surface area contributed by atoms with Gasteiger partial charge in [-0.2, -0.15) is 0 Å². The van der Waals surface area contributed by atoms with Gasteiger partial charge in [0, 0.05) is 32.5 Å². The highest BCUT2D eigenvalue weighted by Gasteiger charge is 2.16. The minimum absolute atomic E-state index is 0.129. The van der Waals surface area contributed by atoms with Crippen molar-refractivity contribution in [3.63, 3.8) is 0 Å². The zero-order chi connectivity index (χ0) is 16.9. The summed E-state index contributed by atoms with van der Waals surface area (Å²) in [5.74, 6) is 2.33. The Labute approximate surface area is 142 Å². The number of hydrogen-bond donors (Lipinski definition) is 2. The van der Waals surface area contributed by atoms with E-state index in [2.05, 4.69) is 63.5 Å². The van der Waals surface area contributed by atoms with Gasteiger partial charge in [0.15, 0.2) is 0 Å². The van der Waals surface area contributed by atoms with Gasteiger partial charge in [-0.1, -0.05) is 36.8 Å². The maximum Gasteiger partial charge on any atom is 0.314 e. The fourth-order valence-corrected chi connectivity index (χ4v) is 3.09. The van der Waals surface area contributed by atoms with Crippen LogP contribution in [0.1, 0.15) is 42.0 Å². The predicted molar refractivity (Wildman–Crippen MR) is 93.0 cm³/mol. The van der Waals surface area contributed by atoms with Crippen LogP contribution in [0.3, 0.4) is 0 Å². The van der Waals surface area contributed by atoms with E-state index in [1.54, 1.807) is 0 Å². The Morgan fingerprint density at radius 2 is 2.21 bits per heavy atom. The molecule has 128 valence electrons. The lowest BCUT2D eigenvalue weighted by molar-refractivity contribution is 0.240. The first kappa shape index (κ1) is 16.5. The van der Waals surface area contributed by atoms with Crippen LogP contribution in [0.15, 0.2) is 24.3 Å². The second-order valence-corrected chi connectivity index (χ2v) is 6.49. The average Bonchev–Trinajstić information content (AvgIpc) is 3.17. The lowest BCUT2D eigenvalue weighted by Crippen LogP contribution is -2.38. The Morgan fingerprint density at radius 3 is 3.04 bits per heavy atom. The van der Waals surface area contributed by atoms with Crippen LogP contribution in [0.5, 0.6) is 0 Å². The number of nitrogens with zero attached hydrogens (tertiary/aromatic N) is 3. The first-order valence-corrected chi connectivity index (χ1v) is 8.62. The molecule has 0 bridgehead atoms. The Hall–Kier alpha value is -2.37. The van der Waals surface area contributed by atoms with Crippen LogP contribution < -0.4 is 10.6 Å². The molecule has 2 N–H and O–H groups in total. The average molecular weight is 327 g/mol. The first-order chi connectivity index (χ1) is 11.6. The molecule has 0 radical (unpaired) electrons. The standard InChI is InChI=1S/C18H25N5O/c1-13-5-3-6-15(11-13)14(2)12-20-18(24)19-9-8-17-22-21-16-7-4-10-23(16)17/h3,5-6,11,14H,4,7-10,12H2,1-2H3,(H2,19,20,24). The maximum absolute atomic E-state index is 11.9. The third-order valence-corrected chi connectivity index (χ3v) is 4.50. The Kier molecular flexibility index (Phi) is 5.13. The minimum atomic E-state index is -0.129. The van der Waals surface area contributed by atoms with Crippen molar-refractivity contribution in [2.24, 2.45) is 0 Å². The van der Waals surface area contributed by atoms with Gasteiger partial charge in [0.05, 0.1) is 0 Å². The van der Waals surface area contributed by atoms with Crippen molar-refractivity contribution in [1.29, 1.82) is 0 Å². The highest BCUT2D eigenvalue weighted by Crippen LogP contribution is 2.15. The molecule has 0 fully saturated rings. The highest BCUT2D eigenvalue weighted by molar-refractivity contribution is 5.73. The number of amides is 2. The van der Waals surface area contributed by atoms with Crippen molar-refractivity contribution in [3.05, 3.63) is 47.0 Å². The number of carbonyl (C=O) groups is 1. The Balaban J connectivity index is 1.39. The molecule has 6 nitrogen and oxygen atoms in total.